The number of hydrogen-bond donors (Lipinski definition) is 1. The number of nitrogens with one attached hydrogen (secondary N) is 1. The molecule has 1 aliphatic carbocycles. The van der Waals surface area contributed by atoms with Crippen molar-refractivity contribution in [3.63, 3.8) is 0 Å². The molecular formula is C18H20F3N3O5. The van der Waals surface area contributed by atoms with E-state index in [2.05, 4.69) is 5.32 Å². The third kappa shape index (κ3) is 5.93. The lowest BCUT2D eigenvalue weighted by atomic mass is 10.1. The Balaban J connectivity index is 1.93. The van der Waals surface area contributed by atoms with Gasteiger partial charge in [-0.1, -0.05) is 6.08 Å². The molecule has 0 fully saturated rings. The molecule has 11 heteroatoms. The highest BCUT2D eigenvalue weighted by Gasteiger charge is 2.33. The number of nitro groups is 1. The number of likely N-dealkylation sites (N-methyl/N-ethyl adjacent to an activating group) is 1. The molecule has 1 amide bonds. The molecule has 29 heavy (non-hydrogen) atoms. The van der Waals surface area contributed by atoms with Crippen LogP contribution in [-0.4, -0.2) is 41.4 Å². The summed E-state index contributed by atoms with van der Waals surface area (Å²) in [7, 11) is 0. The fourth-order valence-corrected chi connectivity index (χ4v) is 2.89. The van der Waals surface area contributed by atoms with Crippen LogP contribution in [0.4, 0.5) is 24.5 Å². The van der Waals surface area contributed by atoms with E-state index in [4.69, 9.17) is 4.74 Å². The maximum atomic E-state index is 12.7. The maximum absolute atomic E-state index is 12.7. The highest BCUT2D eigenvalue weighted by atomic mass is 19.4. The third-order valence-corrected chi connectivity index (χ3v) is 4.28. The van der Waals surface area contributed by atoms with E-state index >= 15 is 0 Å². The number of allylic oxidation sites excluding steroid dienone is 2. The SMILES string of the molecule is CCN(C(=O)COC(=O)CNc1ccc(C(F)(F)F)cc1[N+](=O)[O-])C1=CCCC1. The van der Waals surface area contributed by atoms with Crippen LogP contribution >= 0.6 is 0 Å². The molecular weight excluding hydrogens is 395 g/mol. The first-order valence-electron chi connectivity index (χ1n) is 8.88. The van der Waals surface area contributed by atoms with Crippen molar-refractivity contribution in [2.24, 2.45) is 0 Å². The van der Waals surface area contributed by atoms with Crippen LogP contribution in [-0.2, 0) is 20.5 Å². The van der Waals surface area contributed by atoms with Crippen molar-refractivity contribution in [2.75, 3.05) is 25.0 Å². The predicted octanol–water partition coefficient (Wildman–Crippen LogP) is 3.49. The van der Waals surface area contributed by atoms with Gasteiger partial charge in [-0.05, 0) is 38.3 Å². The number of benzene rings is 1. The van der Waals surface area contributed by atoms with Gasteiger partial charge >= 0.3 is 12.1 Å². The Kier molecular flexibility index (Phi) is 7.18. The van der Waals surface area contributed by atoms with Gasteiger partial charge in [0.15, 0.2) is 6.61 Å². The topological polar surface area (TPSA) is 102 Å². The number of amides is 1. The fraction of sp³-hybridized carbons (Fsp3) is 0.444. The summed E-state index contributed by atoms with van der Waals surface area (Å²) in [4.78, 5) is 35.6. The number of carbonyl (C=O) groups is 2. The molecule has 1 N–H and O–H groups in total. The smallest absolute Gasteiger partial charge is 0.416 e. The van der Waals surface area contributed by atoms with Gasteiger partial charge < -0.3 is 15.0 Å². The first-order valence-corrected chi connectivity index (χ1v) is 8.88. The highest BCUT2D eigenvalue weighted by molar-refractivity contribution is 5.83. The van der Waals surface area contributed by atoms with Crippen molar-refractivity contribution in [2.45, 2.75) is 32.4 Å². The van der Waals surface area contributed by atoms with Gasteiger partial charge in [-0.2, -0.15) is 13.2 Å². The summed E-state index contributed by atoms with van der Waals surface area (Å²) < 4.78 is 43.0. The largest absolute Gasteiger partial charge is 0.454 e. The Bertz CT molecular complexity index is 823. The number of esters is 1. The quantitative estimate of drug-likeness (QED) is 0.396. The second kappa shape index (κ2) is 9.39. The number of anilines is 1. The summed E-state index contributed by atoms with van der Waals surface area (Å²) in [6, 6.07) is 1.91. The van der Waals surface area contributed by atoms with E-state index in [1.165, 1.54) is 4.90 Å². The molecule has 0 atom stereocenters. The van der Waals surface area contributed by atoms with Gasteiger partial charge in [0.25, 0.3) is 11.6 Å². The Morgan fingerprint density at radius 1 is 1.34 bits per heavy atom. The van der Waals surface area contributed by atoms with Gasteiger partial charge in [-0.25, -0.2) is 0 Å². The van der Waals surface area contributed by atoms with Gasteiger partial charge in [-0.3, -0.25) is 19.7 Å². The van der Waals surface area contributed by atoms with Crippen molar-refractivity contribution in [3.8, 4) is 0 Å². The normalized spacial score (nSPS) is 13.6. The van der Waals surface area contributed by atoms with Crippen LogP contribution in [0.5, 0.6) is 0 Å². The molecule has 0 aromatic heterocycles. The summed E-state index contributed by atoms with van der Waals surface area (Å²) >= 11 is 0. The third-order valence-electron chi connectivity index (χ3n) is 4.28. The van der Waals surface area contributed by atoms with Crippen molar-refractivity contribution in [3.05, 3.63) is 45.6 Å². The number of rotatable bonds is 8. The van der Waals surface area contributed by atoms with Gasteiger partial charge in [0.2, 0.25) is 0 Å². The van der Waals surface area contributed by atoms with E-state index in [0.29, 0.717) is 18.7 Å². The zero-order chi connectivity index (χ0) is 21.6. The summed E-state index contributed by atoms with van der Waals surface area (Å²) in [5.74, 6) is -1.27. The molecule has 2 rings (SSSR count). The van der Waals surface area contributed by atoms with Crippen molar-refractivity contribution < 1.29 is 32.4 Å². The minimum Gasteiger partial charge on any atom is -0.454 e. The van der Waals surface area contributed by atoms with E-state index in [9.17, 15) is 32.9 Å². The molecule has 0 spiro atoms. The Morgan fingerprint density at radius 3 is 2.62 bits per heavy atom. The second-order valence-corrected chi connectivity index (χ2v) is 6.23. The second-order valence-electron chi connectivity index (χ2n) is 6.23. The summed E-state index contributed by atoms with van der Waals surface area (Å²) in [6.45, 7) is 1.18. The molecule has 0 saturated heterocycles. The van der Waals surface area contributed by atoms with Crippen LogP contribution in [0, 0.1) is 10.1 Å². The minimum atomic E-state index is -4.73. The van der Waals surface area contributed by atoms with Crippen LogP contribution < -0.4 is 5.32 Å². The maximum Gasteiger partial charge on any atom is 0.416 e. The number of nitrogens with zero attached hydrogens (tertiary/aromatic N) is 2. The zero-order valence-electron chi connectivity index (χ0n) is 15.6. The molecule has 158 valence electrons. The summed E-state index contributed by atoms with van der Waals surface area (Å²) in [5, 5.41) is 13.4. The van der Waals surface area contributed by atoms with Crippen LogP contribution in [0.1, 0.15) is 31.7 Å². The molecule has 0 aliphatic heterocycles. The summed E-state index contributed by atoms with van der Waals surface area (Å²) in [5.41, 5.74) is -1.39. The van der Waals surface area contributed by atoms with E-state index in [-0.39, 0.29) is 5.69 Å². The van der Waals surface area contributed by atoms with Crippen LogP contribution in [0.3, 0.4) is 0 Å². The minimum absolute atomic E-state index is 0.266. The average Bonchev–Trinajstić information content (AvgIpc) is 3.18. The van der Waals surface area contributed by atoms with E-state index in [1.54, 1.807) is 6.92 Å². The van der Waals surface area contributed by atoms with E-state index in [0.717, 1.165) is 31.0 Å². The zero-order valence-corrected chi connectivity index (χ0v) is 15.6. The Hall–Kier alpha value is -3.11. The van der Waals surface area contributed by atoms with Crippen LogP contribution in [0.2, 0.25) is 0 Å². The molecule has 0 saturated carbocycles. The van der Waals surface area contributed by atoms with Crippen molar-refractivity contribution >= 4 is 23.3 Å². The lowest BCUT2D eigenvalue weighted by Crippen LogP contribution is -2.34. The number of alkyl halides is 3. The van der Waals surface area contributed by atoms with Gasteiger partial charge in [0, 0.05) is 18.3 Å². The molecule has 1 aliphatic rings. The predicted molar refractivity (Wildman–Crippen MR) is 96.9 cm³/mol. The molecule has 1 aromatic rings. The van der Waals surface area contributed by atoms with E-state index < -0.39 is 47.4 Å². The van der Waals surface area contributed by atoms with Crippen molar-refractivity contribution in [1.29, 1.82) is 0 Å². The number of ether oxygens (including phenoxy) is 1. The highest BCUT2D eigenvalue weighted by Crippen LogP contribution is 2.34. The van der Waals surface area contributed by atoms with Crippen molar-refractivity contribution in [1.82, 2.24) is 4.90 Å². The monoisotopic (exact) mass is 415 g/mol. The molecule has 0 unspecified atom stereocenters. The first-order chi connectivity index (χ1) is 13.6. The molecule has 8 nitrogen and oxygen atoms in total. The molecule has 1 aromatic carbocycles. The standard InChI is InChI=1S/C18H20F3N3O5/c1-2-23(13-5-3-4-6-13)16(25)11-29-17(26)10-22-14-8-7-12(18(19,20)21)9-15(14)24(27)28/h5,7-9,22H,2-4,6,10-11H2,1H3. The number of hydrogen-bond acceptors (Lipinski definition) is 6. The molecule has 0 radical (unpaired) electrons. The number of halogens is 3. The lowest BCUT2D eigenvalue weighted by Gasteiger charge is -2.22. The number of carbonyl (C=O) groups excluding carboxylic acids is 2. The van der Waals surface area contributed by atoms with Gasteiger partial charge in [0.05, 0.1) is 10.5 Å². The average molecular weight is 415 g/mol. The van der Waals surface area contributed by atoms with Crippen LogP contribution in [0.25, 0.3) is 0 Å². The molecule has 0 bridgehead atoms. The summed E-state index contributed by atoms with van der Waals surface area (Å²) in [6.07, 6.45) is -0.173. The van der Waals surface area contributed by atoms with Gasteiger partial charge in [-0.15, -0.1) is 0 Å². The fourth-order valence-electron chi connectivity index (χ4n) is 2.89. The molecule has 0 heterocycles. The van der Waals surface area contributed by atoms with E-state index in [1.807, 2.05) is 6.08 Å². The Morgan fingerprint density at radius 2 is 2.07 bits per heavy atom. The number of nitro benzene ring substituents is 1. The van der Waals surface area contributed by atoms with Crippen LogP contribution in [0.15, 0.2) is 30.0 Å². The lowest BCUT2D eigenvalue weighted by molar-refractivity contribution is -0.384. The Labute approximate surface area is 164 Å². The first kappa shape index (κ1) is 22.2. The van der Waals surface area contributed by atoms with Gasteiger partial charge in [0.1, 0.15) is 12.2 Å².